The van der Waals surface area contributed by atoms with E-state index >= 15 is 0 Å². The lowest BCUT2D eigenvalue weighted by atomic mass is 10.0. The molecule has 0 fully saturated rings. The van der Waals surface area contributed by atoms with Crippen LogP contribution in [-0.2, 0) is 0 Å². The van der Waals surface area contributed by atoms with Crippen LogP contribution in [0.25, 0.3) is 0 Å². The summed E-state index contributed by atoms with van der Waals surface area (Å²) in [6.45, 7) is 0. The second kappa shape index (κ2) is 8.50. The maximum atomic E-state index is 12.8. The summed E-state index contributed by atoms with van der Waals surface area (Å²) in [6, 6.07) is 21.4. The predicted octanol–water partition coefficient (Wildman–Crippen LogP) is 3.43. The van der Waals surface area contributed by atoms with Gasteiger partial charge in [0.05, 0.1) is 16.8 Å². The van der Waals surface area contributed by atoms with E-state index in [-0.39, 0.29) is 22.8 Å². The number of hydrogen-bond donors (Lipinski definition) is 3. The highest BCUT2D eigenvalue weighted by atomic mass is 16.5. The zero-order chi connectivity index (χ0) is 19.9. The van der Waals surface area contributed by atoms with Gasteiger partial charge in [0.2, 0.25) is 0 Å². The maximum Gasteiger partial charge on any atom is 0.346 e. The fourth-order valence-corrected chi connectivity index (χ4v) is 2.49. The van der Waals surface area contributed by atoms with E-state index in [1.165, 1.54) is 12.1 Å². The summed E-state index contributed by atoms with van der Waals surface area (Å²) in [4.78, 5) is 25.5. The number of nitrogens with two attached hydrogens (primary N) is 1. The van der Waals surface area contributed by atoms with Gasteiger partial charge in [-0.15, -0.1) is 0 Å². The summed E-state index contributed by atoms with van der Waals surface area (Å²) >= 11 is 0. The lowest BCUT2D eigenvalue weighted by Crippen LogP contribution is -2.25. The first-order valence-electron chi connectivity index (χ1n) is 8.33. The first-order valence-corrected chi connectivity index (χ1v) is 8.33. The molecule has 0 radical (unpaired) electrons. The van der Waals surface area contributed by atoms with Crippen LogP contribution in [-0.4, -0.2) is 17.9 Å². The summed E-state index contributed by atoms with van der Waals surface area (Å²) in [5.41, 5.74) is 5.46. The lowest BCUT2D eigenvalue weighted by molar-refractivity contribution is 0.0693. The fourth-order valence-electron chi connectivity index (χ4n) is 2.49. The Morgan fingerprint density at radius 3 is 1.82 bits per heavy atom. The van der Waals surface area contributed by atoms with Crippen molar-refractivity contribution in [3.05, 3.63) is 90.0 Å². The second-order valence-electron chi connectivity index (χ2n) is 5.67. The van der Waals surface area contributed by atoms with Crippen LogP contribution in [0.1, 0.15) is 20.7 Å². The third kappa shape index (κ3) is 4.53. The van der Waals surface area contributed by atoms with E-state index in [1.807, 2.05) is 0 Å². The Morgan fingerprint density at radius 2 is 1.29 bits per heavy atom. The van der Waals surface area contributed by atoms with Crippen molar-refractivity contribution in [1.29, 1.82) is 5.41 Å². The molecule has 3 rings (SSSR count). The van der Waals surface area contributed by atoms with Crippen LogP contribution in [0, 0.1) is 5.41 Å². The van der Waals surface area contributed by atoms with Crippen molar-refractivity contribution >= 4 is 23.6 Å². The van der Waals surface area contributed by atoms with Crippen molar-refractivity contribution in [1.82, 2.24) is 0 Å². The molecule has 3 aromatic carbocycles. The molecule has 7 nitrogen and oxygen atoms in total. The first kappa shape index (κ1) is 18.7. The zero-order valence-electron chi connectivity index (χ0n) is 14.7. The van der Waals surface area contributed by atoms with E-state index in [4.69, 9.17) is 20.6 Å². The predicted molar refractivity (Wildman–Crippen MR) is 105 cm³/mol. The maximum absolute atomic E-state index is 12.8. The molecule has 7 heteroatoms. The minimum atomic E-state index is -0.782. The topological polar surface area (TPSA) is 115 Å². The van der Waals surface area contributed by atoms with Gasteiger partial charge in [-0.3, -0.25) is 5.41 Å². The number of nitrogens with one attached hydrogen (secondary N) is 2. The van der Waals surface area contributed by atoms with Crippen molar-refractivity contribution in [2.45, 2.75) is 0 Å². The molecule has 0 atom stereocenters. The summed E-state index contributed by atoms with van der Waals surface area (Å²) in [6.07, 6.45) is 0. The van der Waals surface area contributed by atoms with E-state index in [0.717, 1.165) is 0 Å². The molecule has 4 N–H and O–H groups in total. The highest BCUT2D eigenvalue weighted by Gasteiger charge is 2.24. The molecular weight excluding hydrogens is 358 g/mol. The molecule has 0 heterocycles. The lowest BCUT2D eigenvalue weighted by Gasteiger charge is -2.14. The summed E-state index contributed by atoms with van der Waals surface area (Å²) in [5, 5.41) is 10.00. The van der Waals surface area contributed by atoms with Crippen molar-refractivity contribution < 1.29 is 19.1 Å². The van der Waals surface area contributed by atoms with Gasteiger partial charge in [-0.1, -0.05) is 42.5 Å². The normalized spacial score (nSPS) is 10.0. The quantitative estimate of drug-likeness (QED) is 0.272. The Hall–Kier alpha value is -4.13. The molecule has 0 saturated heterocycles. The molecule has 0 aromatic heterocycles. The van der Waals surface area contributed by atoms with Gasteiger partial charge < -0.3 is 20.5 Å². The third-order valence-electron chi connectivity index (χ3n) is 3.67. The van der Waals surface area contributed by atoms with Crippen LogP contribution in [0.5, 0.6) is 11.5 Å². The van der Waals surface area contributed by atoms with Crippen LogP contribution in [0.15, 0.2) is 78.9 Å². The standard InChI is InChI=1S/C21H17N3O4/c22-21(23)24-17-13-7-12-16(19(25)27-14-8-3-1-4-9-14)18(17)20(26)28-15-10-5-2-6-11-15/h1-13H,(H4,22,23,24). The Balaban J connectivity index is 1.98. The highest BCUT2D eigenvalue weighted by Crippen LogP contribution is 2.24. The molecule has 0 unspecified atom stereocenters. The van der Waals surface area contributed by atoms with Crippen molar-refractivity contribution in [3.63, 3.8) is 0 Å². The molecule has 0 aliphatic carbocycles. The minimum absolute atomic E-state index is 0.0176. The molecular formula is C21H17N3O4. The molecule has 0 bridgehead atoms. The highest BCUT2D eigenvalue weighted by molar-refractivity contribution is 6.10. The molecule has 0 saturated carbocycles. The number of para-hydroxylation sites is 2. The van der Waals surface area contributed by atoms with Crippen molar-refractivity contribution in [2.75, 3.05) is 5.32 Å². The Bertz CT molecular complexity index is 1000. The van der Waals surface area contributed by atoms with Gasteiger partial charge >= 0.3 is 11.9 Å². The summed E-state index contributed by atoms with van der Waals surface area (Å²) in [7, 11) is 0. The number of carbonyl (C=O) groups is 2. The monoisotopic (exact) mass is 375 g/mol. The average molecular weight is 375 g/mol. The average Bonchev–Trinajstić information content (AvgIpc) is 2.69. The van der Waals surface area contributed by atoms with E-state index in [1.54, 1.807) is 66.7 Å². The van der Waals surface area contributed by atoms with Gasteiger partial charge in [0, 0.05) is 0 Å². The van der Waals surface area contributed by atoms with Gasteiger partial charge in [0.1, 0.15) is 11.5 Å². The third-order valence-corrected chi connectivity index (χ3v) is 3.67. The zero-order valence-corrected chi connectivity index (χ0v) is 14.7. The molecule has 0 spiro atoms. The van der Waals surface area contributed by atoms with E-state index < -0.39 is 11.9 Å². The first-order chi connectivity index (χ1) is 13.5. The number of guanidine groups is 1. The fraction of sp³-hybridized carbons (Fsp3) is 0. The van der Waals surface area contributed by atoms with E-state index in [2.05, 4.69) is 5.32 Å². The number of anilines is 1. The number of hydrogen-bond acceptors (Lipinski definition) is 5. The number of rotatable bonds is 5. The van der Waals surface area contributed by atoms with Gasteiger partial charge in [-0.05, 0) is 36.4 Å². The van der Waals surface area contributed by atoms with E-state index in [0.29, 0.717) is 11.5 Å². The van der Waals surface area contributed by atoms with Crippen LogP contribution in [0.2, 0.25) is 0 Å². The number of ether oxygens (including phenoxy) is 2. The molecule has 140 valence electrons. The molecule has 3 aromatic rings. The molecule has 0 aliphatic rings. The SMILES string of the molecule is N=C(N)Nc1cccc(C(=O)Oc2ccccc2)c1C(=O)Oc1ccccc1. The Kier molecular flexibility index (Phi) is 5.66. The number of carbonyl (C=O) groups excluding carboxylic acids is 2. The summed E-state index contributed by atoms with van der Waals surface area (Å²) < 4.78 is 10.7. The number of esters is 2. The van der Waals surface area contributed by atoms with Crippen LogP contribution < -0.4 is 20.5 Å². The largest absolute Gasteiger partial charge is 0.423 e. The van der Waals surface area contributed by atoms with Crippen LogP contribution >= 0.6 is 0 Å². The van der Waals surface area contributed by atoms with Crippen LogP contribution in [0.4, 0.5) is 5.69 Å². The molecule has 0 aliphatic heterocycles. The van der Waals surface area contributed by atoms with E-state index in [9.17, 15) is 9.59 Å². The van der Waals surface area contributed by atoms with Gasteiger partial charge in [0.15, 0.2) is 5.96 Å². The molecule has 28 heavy (non-hydrogen) atoms. The second-order valence-corrected chi connectivity index (χ2v) is 5.67. The molecule has 0 amide bonds. The Labute approximate surface area is 161 Å². The van der Waals surface area contributed by atoms with Crippen molar-refractivity contribution in [2.24, 2.45) is 5.73 Å². The summed E-state index contributed by atoms with van der Waals surface area (Å²) in [5.74, 6) is -1.26. The van der Waals surface area contributed by atoms with Gasteiger partial charge in [-0.2, -0.15) is 0 Å². The smallest absolute Gasteiger partial charge is 0.346 e. The van der Waals surface area contributed by atoms with Gasteiger partial charge in [0.25, 0.3) is 0 Å². The minimum Gasteiger partial charge on any atom is -0.423 e. The van der Waals surface area contributed by atoms with Gasteiger partial charge in [-0.25, -0.2) is 9.59 Å². The Morgan fingerprint density at radius 1 is 0.750 bits per heavy atom. The number of benzene rings is 3. The van der Waals surface area contributed by atoms with Crippen LogP contribution in [0.3, 0.4) is 0 Å². The van der Waals surface area contributed by atoms with Crippen molar-refractivity contribution in [3.8, 4) is 11.5 Å².